The SMILES string of the molecule is NCc1cc(C(F)(F)F)nc(C(=O)Cl)c1OC(F)(F)F. The summed E-state index contributed by atoms with van der Waals surface area (Å²) in [7, 11) is 0. The van der Waals surface area contributed by atoms with Crippen LogP contribution in [0.1, 0.15) is 21.7 Å². The minimum absolute atomic E-state index is 0.254. The van der Waals surface area contributed by atoms with Gasteiger partial charge in [0.15, 0.2) is 11.4 Å². The molecule has 1 aromatic rings. The van der Waals surface area contributed by atoms with E-state index in [0.717, 1.165) is 0 Å². The Labute approximate surface area is 112 Å². The fourth-order valence-corrected chi connectivity index (χ4v) is 1.37. The summed E-state index contributed by atoms with van der Waals surface area (Å²) in [6.45, 7) is -0.742. The summed E-state index contributed by atoms with van der Waals surface area (Å²) in [4.78, 5) is 13.7. The van der Waals surface area contributed by atoms with E-state index < -0.39 is 47.0 Å². The van der Waals surface area contributed by atoms with Crippen molar-refractivity contribution in [2.75, 3.05) is 0 Å². The van der Waals surface area contributed by atoms with Crippen LogP contribution < -0.4 is 10.5 Å². The van der Waals surface area contributed by atoms with Gasteiger partial charge in [-0.25, -0.2) is 4.98 Å². The van der Waals surface area contributed by atoms with Crippen molar-refractivity contribution < 1.29 is 35.9 Å². The summed E-state index contributed by atoms with van der Waals surface area (Å²) < 4.78 is 77.5. The summed E-state index contributed by atoms with van der Waals surface area (Å²) in [5, 5.41) is -1.63. The molecule has 1 rings (SSSR count). The highest BCUT2D eigenvalue weighted by Gasteiger charge is 2.38. The standard InChI is InChI=1S/C9H5ClF6N2O2/c10-7(19)5-6(20-9(14,15)16)3(2-17)1-4(18-5)8(11,12)13/h1H,2,17H2. The number of nitrogens with two attached hydrogens (primary N) is 1. The molecule has 1 heterocycles. The first-order chi connectivity index (χ1) is 8.95. The Hall–Kier alpha value is -1.55. The maximum atomic E-state index is 12.5. The van der Waals surface area contributed by atoms with Crippen molar-refractivity contribution in [1.82, 2.24) is 4.98 Å². The van der Waals surface area contributed by atoms with Crippen molar-refractivity contribution in [2.24, 2.45) is 5.73 Å². The zero-order chi connectivity index (χ0) is 15.7. The predicted octanol–water partition coefficient (Wildman–Crippen LogP) is 2.84. The highest BCUT2D eigenvalue weighted by atomic mass is 35.5. The number of hydrogen-bond acceptors (Lipinski definition) is 4. The van der Waals surface area contributed by atoms with Gasteiger partial charge in [0.1, 0.15) is 5.69 Å². The van der Waals surface area contributed by atoms with E-state index in [-0.39, 0.29) is 6.07 Å². The minimum atomic E-state index is -5.24. The molecule has 0 aliphatic heterocycles. The lowest BCUT2D eigenvalue weighted by molar-refractivity contribution is -0.275. The largest absolute Gasteiger partial charge is 0.573 e. The average molecular weight is 323 g/mol. The second-order valence-electron chi connectivity index (χ2n) is 3.37. The number of carbonyl (C=O) groups excluding carboxylic acids is 1. The maximum Gasteiger partial charge on any atom is 0.573 e. The molecule has 0 saturated heterocycles. The van der Waals surface area contributed by atoms with Crippen molar-refractivity contribution in [3.8, 4) is 5.75 Å². The molecule has 2 N–H and O–H groups in total. The van der Waals surface area contributed by atoms with E-state index in [1.165, 1.54) is 0 Å². The van der Waals surface area contributed by atoms with Crippen LogP contribution in [0.2, 0.25) is 0 Å². The van der Waals surface area contributed by atoms with E-state index in [4.69, 9.17) is 17.3 Å². The molecule has 1 aromatic heterocycles. The Morgan fingerprint density at radius 2 is 1.85 bits per heavy atom. The normalized spacial score (nSPS) is 12.4. The first kappa shape index (κ1) is 16.5. The van der Waals surface area contributed by atoms with Crippen molar-refractivity contribution in [1.29, 1.82) is 0 Å². The van der Waals surface area contributed by atoms with Gasteiger partial charge in [0.25, 0.3) is 5.24 Å². The molecule has 0 radical (unpaired) electrons. The Kier molecular flexibility index (Phi) is 4.49. The third kappa shape index (κ3) is 3.97. The van der Waals surface area contributed by atoms with E-state index in [1.54, 1.807) is 0 Å². The van der Waals surface area contributed by atoms with E-state index in [2.05, 4.69) is 9.72 Å². The molecule has 0 aliphatic carbocycles. The Morgan fingerprint density at radius 3 is 2.20 bits per heavy atom. The van der Waals surface area contributed by atoms with Gasteiger partial charge < -0.3 is 10.5 Å². The number of hydrogen-bond donors (Lipinski definition) is 1. The van der Waals surface area contributed by atoms with Gasteiger partial charge in [-0.15, -0.1) is 13.2 Å². The lowest BCUT2D eigenvalue weighted by Crippen LogP contribution is -2.22. The van der Waals surface area contributed by atoms with Gasteiger partial charge in [-0.2, -0.15) is 13.2 Å². The highest BCUT2D eigenvalue weighted by Crippen LogP contribution is 2.35. The number of nitrogens with zero attached hydrogens (tertiary/aromatic N) is 1. The van der Waals surface area contributed by atoms with Crippen LogP contribution in [0.5, 0.6) is 5.75 Å². The van der Waals surface area contributed by atoms with Crippen LogP contribution >= 0.6 is 11.6 Å². The Bertz CT molecular complexity index is 528. The first-order valence-corrected chi connectivity index (χ1v) is 5.10. The summed E-state index contributed by atoms with van der Waals surface area (Å²) in [5.74, 6) is -1.24. The summed E-state index contributed by atoms with van der Waals surface area (Å²) in [6, 6.07) is 0.254. The Balaban J connectivity index is 3.53. The molecule has 0 aromatic carbocycles. The van der Waals surface area contributed by atoms with Gasteiger partial charge in [0.2, 0.25) is 0 Å². The van der Waals surface area contributed by atoms with Crippen molar-refractivity contribution in [2.45, 2.75) is 19.1 Å². The van der Waals surface area contributed by atoms with Gasteiger partial charge in [-0.05, 0) is 17.7 Å². The summed E-state index contributed by atoms with van der Waals surface area (Å²) in [6.07, 6.45) is -10.2. The molecule has 11 heteroatoms. The molecule has 0 bridgehead atoms. The van der Waals surface area contributed by atoms with Crippen LogP contribution in [-0.4, -0.2) is 16.6 Å². The highest BCUT2D eigenvalue weighted by molar-refractivity contribution is 6.67. The molecule has 4 nitrogen and oxygen atoms in total. The van der Waals surface area contributed by atoms with Crippen molar-refractivity contribution in [3.05, 3.63) is 23.0 Å². The fraction of sp³-hybridized carbons (Fsp3) is 0.333. The maximum absolute atomic E-state index is 12.5. The Morgan fingerprint density at radius 1 is 1.30 bits per heavy atom. The summed E-state index contributed by atoms with van der Waals surface area (Å²) >= 11 is 4.93. The molecule has 0 amide bonds. The molecule has 0 aliphatic rings. The second kappa shape index (κ2) is 5.44. The molecule has 0 spiro atoms. The second-order valence-corrected chi connectivity index (χ2v) is 3.71. The molecular weight excluding hydrogens is 318 g/mol. The first-order valence-electron chi connectivity index (χ1n) is 4.72. The molecule has 0 fully saturated rings. The molecule has 0 unspecified atom stereocenters. The lowest BCUT2D eigenvalue weighted by atomic mass is 10.1. The quantitative estimate of drug-likeness (QED) is 0.686. The molecule has 20 heavy (non-hydrogen) atoms. The van der Waals surface area contributed by atoms with Crippen LogP contribution in [0.15, 0.2) is 6.07 Å². The smallest absolute Gasteiger partial charge is 0.403 e. The van der Waals surface area contributed by atoms with Crippen LogP contribution in [-0.2, 0) is 12.7 Å². The number of carbonyl (C=O) groups is 1. The average Bonchev–Trinajstić information content (AvgIpc) is 2.25. The number of alkyl halides is 6. The van der Waals surface area contributed by atoms with E-state index >= 15 is 0 Å². The molecular formula is C9H5ClF6N2O2. The number of ether oxygens (including phenoxy) is 1. The van der Waals surface area contributed by atoms with E-state index in [9.17, 15) is 31.1 Å². The molecule has 112 valence electrons. The number of rotatable bonds is 3. The summed E-state index contributed by atoms with van der Waals surface area (Å²) in [5.41, 5.74) is 1.45. The molecule has 0 saturated carbocycles. The van der Waals surface area contributed by atoms with E-state index in [1.807, 2.05) is 0 Å². The van der Waals surface area contributed by atoms with E-state index in [0.29, 0.717) is 0 Å². The van der Waals surface area contributed by atoms with Gasteiger partial charge in [0.05, 0.1) is 0 Å². The zero-order valence-electron chi connectivity index (χ0n) is 9.27. The predicted molar refractivity (Wildman–Crippen MR) is 54.0 cm³/mol. The number of aromatic nitrogens is 1. The van der Waals surface area contributed by atoms with Crippen LogP contribution in [0.3, 0.4) is 0 Å². The van der Waals surface area contributed by atoms with Gasteiger partial charge in [-0.1, -0.05) is 0 Å². The van der Waals surface area contributed by atoms with Crippen LogP contribution in [0.4, 0.5) is 26.3 Å². The third-order valence-corrected chi connectivity index (χ3v) is 2.14. The monoisotopic (exact) mass is 322 g/mol. The van der Waals surface area contributed by atoms with Crippen LogP contribution in [0, 0.1) is 0 Å². The molecule has 0 atom stereocenters. The third-order valence-electron chi connectivity index (χ3n) is 1.96. The lowest BCUT2D eigenvalue weighted by Gasteiger charge is -2.16. The van der Waals surface area contributed by atoms with Gasteiger partial charge in [-0.3, -0.25) is 4.79 Å². The number of halogens is 7. The zero-order valence-corrected chi connectivity index (χ0v) is 10.0. The fourth-order valence-electron chi connectivity index (χ4n) is 1.25. The van der Waals surface area contributed by atoms with Crippen LogP contribution in [0.25, 0.3) is 0 Å². The van der Waals surface area contributed by atoms with Crippen molar-refractivity contribution in [3.63, 3.8) is 0 Å². The van der Waals surface area contributed by atoms with Gasteiger partial charge >= 0.3 is 12.5 Å². The topological polar surface area (TPSA) is 65.2 Å². The van der Waals surface area contributed by atoms with Gasteiger partial charge in [0, 0.05) is 12.1 Å². The van der Waals surface area contributed by atoms with Crippen molar-refractivity contribution >= 4 is 16.8 Å². The minimum Gasteiger partial charge on any atom is -0.403 e. The number of pyridine rings is 1.